The van der Waals surface area contributed by atoms with Crippen molar-refractivity contribution < 1.29 is 33.7 Å². The zero-order chi connectivity index (χ0) is 28.7. The molecule has 1 aliphatic carbocycles. The van der Waals surface area contributed by atoms with Crippen LogP contribution in [0.15, 0.2) is 47.2 Å². The summed E-state index contributed by atoms with van der Waals surface area (Å²) in [5, 5.41) is 17.9. The first-order valence-electron chi connectivity index (χ1n) is 12.7. The Morgan fingerprint density at radius 2 is 1.80 bits per heavy atom. The maximum absolute atomic E-state index is 13.2. The number of nitrogens with zero attached hydrogens (tertiary/aromatic N) is 1. The second kappa shape index (κ2) is 13.6. The van der Waals surface area contributed by atoms with Gasteiger partial charge in [-0.3, -0.25) is 10.1 Å². The topological polar surface area (TPSA) is 114 Å². The fourth-order valence-electron chi connectivity index (χ4n) is 4.68. The second-order valence-electron chi connectivity index (χ2n) is 9.43. The van der Waals surface area contributed by atoms with Gasteiger partial charge >= 0.3 is 12.1 Å². The average molecular weight is 607 g/mol. The zero-order valence-electron chi connectivity index (χ0n) is 22.1. The Kier molecular flexibility index (Phi) is 10.2. The van der Waals surface area contributed by atoms with E-state index < -0.39 is 17.7 Å². The van der Waals surface area contributed by atoms with Crippen molar-refractivity contribution in [1.29, 1.82) is 0 Å². The Bertz CT molecular complexity index is 1260. The molecule has 1 saturated carbocycles. The Morgan fingerprint density at radius 1 is 1.15 bits per heavy atom. The summed E-state index contributed by atoms with van der Waals surface area (Å²) < 4.78 is 16.3. The molecule has 0 bridgehead atoms. The third kappa shape index (κ3) is 6.84. The zero-order valence-corrected chi connectivity index (χ0v) is 24.5. The SMILES string of the molecule is COc1cc(NC(=O)OCCN(C)[C@H]2CC[C@H](OC(=O)C(O)(c3cccs3)c3cccs3)CC2)c(Cl)cc1C=O. The molecular weight excluding hydrogens is 576 g/mol. The molecule has 2 aromatic heterocycles. The summed E-state index contributed by atoms with van der Waals surface area (Å²) in [4.78, 5) is 39.8. The molecule has 0 saturated heterocycles. The van der Waals surface area contributed by atoms with E-state index in [1.807, 2.05) is 17.8 Å². The predicted octanol–water partition coefficient (Wildman–Crippen LogP) is 5.55. The lowest BCUT2D eigenvalue weighted by atomic mass is 9.91. The van der Waals surface area contributed by atoms with E-state index in [2.05, 4.69) is 10.2 Å². The van der Waals surface area contributed by atoms with Gasteiger partial charge in [-0.25, -0.2) is 9.59 Å². The highest BCUT2D eigenvalue weighted by Crippen LogP contribution is 2.38. The monoisotopic (exact) mass is 606 g/mol. The summed E-state index contributed by atoms with van der Waals surface area (Å²) in [6, 6.07) is 10.2. The predicted molar refractivity (Wildman–Crippen MR) is 155 cm³/mol. The molecule has 3 aromatic rings. The van der Waals surface area contributed by atoms with Crippen molar-refractivity contribution in [3.63, 3.8) is 0 Å². The van der Waals surface area contributed by atoms with E-state index in [4.69, 9.17) is 25.8 Å². The third-order valence-electron chi connectivity index (χ3n) is 6.95. The molecule has 0 aliphatic heterocycles. The Labute approximate surface area is 245 Å². The van der Waals surface area contributed by atoms with E-state index in [1.165, 1.54) is 41.9 Å². The van der Waals surface area contributed by atoms with Crippen LogP contribution in [0.5, 0.6) is 5.75 Å². The summed E-state index contributed by atoms with van der Waals surface area (Å²) >= 11 is 8.79. The molecule has 2 heterocycles. The lowest BCUT2D eigenvalue weighted by molar-refractivity contribution is -0.169. The van der Waals surface area contributed by atoms with E-state index >= 15 is 0 Å². The molecule has 1 aromatic carbocycles. The molecular formula is C28H31ClN2O7S2. The van der Waals surface area contributed by atoms with Crippen LogP contribution < -0.4 is 10.1 Å². The largest absolute Gasteiger partial charge is 0.496 e. The number of aldehydes is 1. The van der Waals surface area contributed by atoms with Crippen LogP contribution in [0, 0.1) is 0 Å². The highest BCUT2D eigenvalue weighted by molar-refractivity contribution is 7.12. The molecule has 0 atom stereocenters. The van der Waals surface area contributed by atoms with Crippen molar-refractivity contribution in [3.05, 3.63) is 67.5 Å². The van der Waals surface area contributed by atoms with E-state index in [0.717, 1.165) is 12.8 Å². The summed E-state index contributed by atoms with van der Waals surface area (Å²) in [7, 11) is 3.38. The lowest BCUT2D eigenvalue weighted by Gasteiger charge is -2.35. The fourth-order valence-corrected chi connectivity index (χ4v) is 6.61. The van der Waals surface area contributed by atoms with Crippen molar-refractivity contribution in [2.75, 3.05) is 32.6 Å². The van der Waals surface area contributed by atoms with Gasteiger partial charge in [0.05, 0.1) is 33.1 Å². The van der Waals surface area contributed by atoms with Gasteiger partial charge in [0.1, 0.15) is 18.5 Å². The van der Waals surface area contributed by atoms with E-state index in [0.29, 0.717) is 41.2 Å². The molecule has 1 aliphatic rings. The highest BCUT2D eigenvalue weighted by Gasteiger charge is 2.45. The maximum atomic E-state index is 13.2. The number of ether oxygens (including phenoxy) is 3. The number of methoxy groups -OCH3 is 1. The first kappa shape index (κ1) is 30.0. The number of thiophene rings is 2. The normalized spacial score (nSPS) is 17.3. The quantitative estimate of drug-likeness (QED) is 0.216. The molecule has 0 unspecified atom stereocenters. The van der Waals surface area contributed by atoms with Crippen molar-refractivity contribution in [1.82, 2.24) is 4.90 Å². The van der Waals surface area contributed by atoms with Gasteiger partial charge in [-0.15, -0.1) is 22.7 Å². The lowest BCUT2D eigenvalue weighted by Crippen LogP contribution is -2.42. The molecule has 1 amide bonds. The Hall–Kier alpha value is -2.96. The molecule has 40 heavy (non-hydrogen) atoms. The van der Waals surface area contributed by atoms with Crippen LogP contribution in [0.3, 0.4) is 0 Å². The van der Waals surface area contributed by atoms with Crippen molar-refractivity contribution in [2.24, 2.45) is 0 Å². The third-order valence-corrected chi connectivity index (χ3v) is 9.22. The van der Waals surface area contributed by atoms with E-state index in [9.17, 15) is 19.5 Å². The van der Waals surface area contributed by atoms with Gasteiger partial charge in [0, 0.05) is 18.7 Å². The minimum atomic E-state index is -1.81. The van der Waals surface area contributed by atoms with Gasteiger partial charge in [0.15, 0.2) is 6.29 Å². The maximum Gasteiger partial charge on any atom is 0.411 e. The Balaban J connectivity index is 1.23. The van der Waals surface area contributed by atoms with Crippen LogP contribution in [0.4, 0.5) is 10.5 Å². The first-order valence-corrected chi connectivity index (χ1v) is 14.9. The van der Waals surface area contributed by atoms with Crippen LogP contribution in [0.1, 0.15) is 45.8 Å². The van der Waals surface area contributed by atoms with Crippen molar-refractivity contribution in [3.8, 4) is 5.75 Å². The molecule has 214 valence electrons. The van der Waals surface area contributed by atoms with Gasteiger partial charge in [-0.2, -0.15) is 0 Å². The number of carbonyl (C=O) groups excluding carboxylic acids is 3. The van der Waals surface area contributed by atoms with Gasteiger partial charge in [0.2, 0.25) is 5.60 Å². The molecule has 1 fully saturated rings. The van der Waals surface area contributed by atoms with Gasteiger partial charge in [-0.05, 0) is 61.7 Å². The number of esters is 1. The number of hydrogen-bond acceptors (Lipinski definition) is 10. The van der Waals surface area contributed by atoms with Crippen LogP contribution in [-0.2, 0) is 19.9 Å². The van der Waals surface area contributed by atoms with Crippen LogP contribution in [-0.4, -0.2) is 67.8 Å². The van der Waals surface area contributed by atoms with E-state index in [1.54, 1.807) is 24.3 Å². The molecule has 2 N–H and O–H groups in total. The summed E-state index contributed by atoms with van der Waals surface area (Å²) in [6.45, 7) is 0.674. The molecule has 9 nitrogen and oxygen atoms in total. The number of aliphatic hydroxyl groups is 1. The summed E-state index contributed by atoms with van der Waals surface area (Å²) in [5.41, 5.74) is -1.25. The summed E-state index contributed by atoms with van der Waals surface area (Å²) in [5.74, 6) is -0.356. The smallest absolute Gasteiger partial charge is 0.411 e. The minimum absolute atomic E-state index is 0.160. The molecule has 12 heteroatoms. The number of halogens is 1. The number of nitrogens with one attached hydrogen (secondary N) is 1. The molecule has 4 rings (SSSR count). The first-order chi connectivity index (χ1) is 19.3. The number of carbonyl (C=O) groups is 3. The van der Waals surface area contributed by atoms with Crippen molar-refractivity contribution >= 4 is 58.3 Å². The number of likely N-dealkylation sites (N-methyl/N-ethyl adjacent to an activating group) is 1. The van der Waals surface area contributed by atoms with Gasteiger partial charge in [-0.1, -0.05) is 23.7 Å². The minimum Gasteiger partial charge on any atom is -0.496 e. The number of rotatable bonds is 11. The van der Waals surface area contributed by atoms with Crippen LogP contribution in [0.25, 0.3) is 0 Å². The van der Waals surface area contributed by atoms with Crippen LogP contribution in [0.2, 0.25) is 5.02 Å². The fraction of sp³-hybridized carbons (Fsp3) is 0.393. The van der Waals surface area contributed by atoms with Gasteiger partial charge < -0.3 is 24.2 Å². The number of amides is 1. The van der Waals surface area contributed by atoms with Crippen LogP contribution >= 0.6 is 34.3 Å². The summed E-state index contributed by atoms with van der Waals surface area (Å²) in [6.07, 6.45) is 2.61. The molecule has 0 spiro atoms. The average Bonchev–Trinajstić information content (AvgIpc) is 3.69. The number of anilines is 1. The number of hydrogen-bond donors (Lipinski definition) is 2. The standard InChI is InChI=1S/C28H31ClN2O7S2/c1-31(11-12-37-27(34)30-22-16-23(36-2)18(17-32)15-21(22)29)19-7-9-20(10-8-19)38-26(33)28(35,24-5-3-13-39-24)25-6-4-14-40-25/h3-6,13-17,19-20,35H,7-12H2,1-2H3,(H,30,34)/t19-,20-. The van der Waals surface area contributed by atoms with Crippen molar-refractivity contribution in [2.45, 2.75) is 43.4 Å². The molecule has 0 radical (unpaired) electrons. The van der Waals surface area contributed by atoms with Gasteiger partial charge in [0.25, 0.3) is 0 Å². The van der Waals surface area contributed by atoms with E-state index in [-0.39, 0.29) is 35.0 Å². The number of benzene rings is 1. The second-order valence-corrected chi connectivity index (χ2v) is 11.7. The Morgan fingerprint density at radius 3 is 2.35 bits per heavy atom. The highest BCUT2D eigenvalue weighted by atomic mass is 35.5.